The van der Waals surface area contributed by atoms with Crippen LogP contribution in [0.2, 0.25) is 0 Å². The molecule has 0 aliphatic heterocycles. The average Bonchev–Trinajstić information content (AvgIpc) is 2.74. The summed E-state index contributed by atoms with van der Waals surface area (Å²) in [5.74, 6) is 1.91. The minimum atomic E-state index is 0.240. The molecule has 0 fully saturated rings. The molecule has 1 N–H and O–H groups in total. The quantitative estimate of drug-likeness (QED) is 0.773. The predicted molar refractivity (Wildman–Crippen MR) is 48.1 cm³/mol. The minimum Gasteiger partial charge on any atom is -0.469 e. The van der Waals surface area contributed by atoms with Crippen molar-refractivity contribution >= 4 is 0 Å². The second kappa shape index (κ2) is 3.34. The third-order valence-electron chi connectivity index (χ3n) is 1.88. The molecule has 5 nitrogen and oxygen atoms in total. The number of nitrogens with zero attached hydrogens (tertiary/aromatic N) is 3. The van der Waals surface area contributed by atoms with Crippen molar-refractivity contribution in [2.75, 3.05) is 0 Å². The molecule has 0 aliphatic carbocycles. The van der Waals surface area contributed by atoms with Gasteiger partial charge in [0.2, 0.25) is 0 Å². The number of nitriles is 1. The molecule has 2 rings (SSSR count). The van der Waals surface area contributed by atoms with E-state index < -0.39 is 0 Å². The van der Waals surface area contributed by atoms with E-state index in [0.717, 1.165) is 11.3 Å². The molecule has 0 unspecified atom stereocenters. The SMILES string of the molecule is Cc1occc1-c1n[nH]c(CC#N)n1. The molecule has 0 atom stereocenters. The lowest BCUT2D eigenvalue weighted by atomic mass is 10.2. The van der Waals surface area contributed by atoms with Crippen LogP contribution >= 0.6 is 0 Å². The van der Waals surface area contributed by atoms with Crippen molar-refractivity contribution in [1.82, 2.24) is 15.2 Å². The number of aromatic amines is 1. The highest BCUT2D eigenvalue weighted by Crippen LogP contribution is 2.19. The first-order valence-corrected chi connectivity index (χ1v) is 4.14. The zero-order chi connectivity index (χ0) is 9.97. The Morgan fingerprint density at radius 2 is 2.50 bits per heavy atom. The Bertz CT molecular complexity index is 477. The summed E-state index contributed by atoms with van der Waals surface area (Å²) in [4.78, 5) is 4.15. The molecule has 0 saturated carbocycles. The maximum atomic E-state index is 8.46. The van der Waals surface area contributed by atoms with Gasteiger partial charge in [-0.05, 0) is 13.0 Å². The lowest BCUT2D eigenvalue weighted by Crippen LogP contribution is -1.83. The fourth-order valence-electron chi connectivity index (χ4n) is 1.19. The molecule has 0 bridgehead atoms. The maximum absolute atomic E-state index is 8.46. The molecule has 14 heavy (non-hydrogen) atoms. The van der Waals surface area contributed by atoms with E-state index in [-0.39, 0.29) is 6.42 Å². The summed E-state index contributed by atoms with van der Waals surface area (Å²) in [6.45, 7) is 1.84. The van der Waals surface area contributed by atoms with Crippen LogP contribution in [0.4, 0.5) is 0 Å². The first kappa shape index (κ1) is 8.51. The lowest BCUT2D eigenvalue weighted by Gasteiger charge is -1.88. The van der Waals surface area contributed by atoms with Gasteiger partial charge < -0.3 is 4.42 Å². The van der Waals surface area contributed by atoms with Crippen LogP contribution in [0.3, 0.4) is 0 Å². The van der Waals surface area contributed by atoms with Gasteiger partial charge in [0, 0.05) is 0 Å². The highest BCUT2D eigenvalue weighted by Gasteiger charge is 2.09. The summed E-state index contributed by atoms with van der Waals surface area (Å²) in [7, 11) is 0. The monoisotopic (exact) mass is 188 g/mol. The molecule has 2 aromatic rings. The number of aromatic nitrogens is 3. The second-order valence-electron chi connectivity index (χ2n) is 2.83. The first-order chi connectivity index (χ1) is 6.81. The molecule has 2 heterocycles. The summed E-state index contributed by atoms with van der Waals surface area (Å²) in [5.41, 5.74) is 0.852. The normalized spacial score (nSPS) is 10.0. The summed E-state index contributed by atoms with van der Waals surface area (Å²) in [6, 6.07) is 3.80. The largest absolute Gasteiger partial charge is 0.469 e. The topological polar surface area (TPSA) is 78.5 Å². The van der Waals surface area contributed by atoms with Crippen LogP contribution in [0.15, 0.2) is 16.7 Å². The third-order valence-corrected chi connectivity index (χ3v) is 1.88. The van der Waals surface area contributed by atoms with Crippen LogP contribution in [-0.4, -0.2) is 15.2 Å². The van der Waals surface area contributed by atoms with Gasteiger partial charge in [0.25, 0.3) is 0 Å². The molecule has 2 aromatic heterocycles. The van der Waals surface area contributed by atoms with E-state index in [1.807, 2.05) is 13.0 Å². The fraction of sp³-hybridized carbons (Fsp3) is 0.222. The molecule has 0 aliphatic rings. The van der Waals surface area contributed by atoms with Crippen LogP contribution in [0, 0.1) is 18.3 Å². The number of hydrogen-bond donors (Lipinski definition) is 1. The van der Waals surface area contributed by atoms with Gasteiger partial charge in [-0.3, -0.25) is 5.10 Å². The summed E-state index contributed by atoms with van der Waals surface area (Å²) < 4.78 is 5.13. The molecular formula is C9H8N4O. The number of H-pyrrole nitrogens is 1. The molecule has 0 amide bonds. The van der Waals surface area contributed by atoms with Crippen molar-refractivity contribution in [3.05, 3.63) is 23.9 Å². The van der Waals surface area contributed by atoms with Crippen molar-refractivity contribution in [2.45, 2.75) is 13.3 Å². The van der Waals surface area contributed by atoms with Gasteiger partial charge in [-0.15, -0.1) is 0 Å². The number of rotatable bonds is 2. The van der Waals surface area contributed by atoms with Gasteiger partial charge in [0.1, 0.15) is 11.6 Å². The van der Waals surface area contributed by atoms with Crippen LogP contribution < -0.4 is 0 Å². The second-order valence-corrected chi connectivity index (χ2v) is 2.83. The van der Waals surface area contributed by atoms with Crippen LogP contribution in [0.25, 0.3) is 11.4 Å². The number of nitrogens with one attached hydrogen (secondary N) is 1. The van der Waals surface area contributed by atoms with Crippen molar-refractivity contribution in [2.24, 2.45) is 0 Å². The Hall–Kier alpha value is -2.09. The van der Waals surface area contributed by atoms with E-state index in [2.05, 4.69) is 15.2 Å². The molecule has 70 valence electrons. The zero-order valence-electron chi connectivity index (χ0n) is 7.61. The van der Waals surface area contributed by atoms with Gasteiger partial charge in [-0.2, -0.15) is 10.4 Å². The lowest BCUT2D eigenvalue weighted by molar-refractivity contribution is 0.535. The van der Waals surface area contributed by atoms with E-state index in [0.29, 0.717) is 11.6 Å². The van der Waals surface area contributed by atoms with Gasteiger partial charge in [0.15, 0.2) is 5.82 Å². The zero-order valence-corrected chi connectivity index (χ0v) is 7.61. The van der Waals surface area contributed by atoms with E-state index >= 15 is 0 Å². The Balaban J connectivity index is 2.35. The first-order valence-electron chi connectivity index (χ1n) is 4.14. The predicted octanol–water partition coefficient (Wildman–Crippen LogP) is 1.44. The highest BCUT2D eigenvalue weighted by molar-refractivity contribution is 5.56. The fourth-order valence-corrected chi connectivity index (χ4v) is 1.19. The van der Waals surface area contributed by atoms with Crippen molar-refractivity contribution in [1.29, 1.82) is 5.26 Å². The molecule has 0 spiro atoms. The Morgan fingerprint density at radius 1 is 1.64 bits per heavy atom. The summed E-state index contributed by atoms with van der Waals surface area (Å²) >= 11 is 0. The van der Waals surface area contributed by atoms with E-state index in [4.69, 9.17) is 9.68 Å². The number of hydrogen-bond acceptors (Lipinski definition) is 4. The van der Waals surface area contributed by atoms with E-state index in [1.54, 1.807) is 12.3 Å². The van der Waals surface area contributed by atoms with Crippen LogP contribution in [0.5, 0.6) is 0 Å². The smallest absolute Gasteiger partial charge is 0.184 e. The summed E-state index contributed by atoms with van der Waals surface area (Å²) in [5, 5.41) is 15.1. The molecule has 0 saturated heterocycles. The number of furan rings is 1. The molecular weight excluding hydrogens is 180 g/mol. The Kier molecular flexibility index (Phi) is 2.03. The Morgan fingerprint density at radius 3 is 3.14 bits per heavy atom. The third kappa shape index (κ3) is 1.38. The maximum Gasteiger partial charge on any atom is 0.184 e. The van der Waals surface area contributed by atoms with Gasteiger partial charge >= 0.3 is 0 Å². The van der Waals surface area contributed by atoms with Crippen molar-refractivity contribution in [3.63, 3.8) is 0 Å². The molecule has 0 radical (unpaired) electrons. The van der Waals surface area contributed by atoms with Gasteiger partial charge in [0.05, 0.1) is 24.3 Å². The number of aryl methyl sites for hydroxylation is 1. The van der Waals surface area contributed by atoms with E-state index in [1.165, 1.54) is 0 Å². The van der Waals surface area contributed by atoms with Crippen LogP contribution in [0.1, 0.15) is 11.6 Å². The molecule has 0 aromatic carbocycles. The summed E-state index contributed by atoms with van der Waals surface area (Å²) in [6.07, 6.45) is 1.83. The van der Waals surface area contributed by atoms with E-state index in [9.17, 15) is 0 Å². The van der Waals surface area contributed by atoms with Crippen molar-refractivity contribution < 1.29 is 4.42 Å². The highest BCUT2D eigenvalue weighted by atomic mass is 16.3. The van der Waals surface area contributed by atoms with Crippen LogP contribution in [-0.2, 0) is 6.42 Å². The molecule has 5 heteroatoms. The average molecular weight is 188 g/mol. The Labute approximate surface area is 80.4 Å². The van der Waals surface area contributed by atoms with Gasteiger partial charge in [-0.25, -0.2) is 4.98 Å². The van der Waals surface area contributed by atoms with Gasteiger partial charge in [-0.1, -0.05) is 0 Å². The van der Waals surface area contributed by atoms with Crippen molar-refractivity contribution in [3.8, 4) is 17.5 Å². The standard InChI is InChI=1S/C9H8N4O/c1-6-7(3-5-14-6)9-11-8(2-4-10)12-13-9/h3,5H,2H2,1H3,(H,11,12,13). The minimum absolute atomic E-state index is 0.240.